The Morgan fingerprint density at radius 2 is 1.74 bits per heavy atom. The van der Waals surface area contributed by atoms with Crippen molar-refractivity contribution in [3.8, 4) is 0 Å². The van der Waals surface area contributed by atoms with Gasteiger partial charge in [0.2, 0.25) is 10.0 Å². The van der Waals surface area contributed by atoms with Crippen LogP contribution in [0.15, 0.2) is 29.2 Å². The van der Waals surface area contributed by atoms with Crippen molar-refractivity contribution in [1.82, 2.24) is 5.32 Å². The standard InChI is InChI=1S/C13H20N2O3S/c1-9(2)10(3)8-15-13(16)11-4-6-12(7-5-11)19(14,17)18/h4-7,9-10H,8H2,1-3H3,(H,15,16)(H2,14,17,18). The zero-order valence-corrected chi connectivity index (χ0v) is 12.2. The van der Waals surface area contributed by atoms with Crippen molar-refractivity contribution in [3.05, 3.63) is 29.8 Å². The van der Waals surface area contributed by atoms with Gasteiger partial charge in [0.1, 0.15) is 0 Å². The molecule has 0 spiro atoms. The molecule has 0 aromatic heterocycles. The number of nitrogens with one attached hydrogen (secondary N) is 1. The third-order valence-electron chi connectivity index (χ3n) is 3.17. The van der Waals surface area contributed by atoms with Gasteiger partial charge < -0.3 is 5.32 Å². The summed E-state index contributed by atoms with van der Waals surface area (Å²) in [7, 11) is -3.71. The predicted octanol–water partition coefficient (Wildman–Crippen LogP) is 1.36. The van der Waals surface area contributed by atoms with Crippen LogP contribution >= 0.6 is 0 Å². The van der Waals surface area contributed by atoms with Gasteiger partial charge in [-0.15, -0.1) is 0 Å². The molecule has 1 aromatic carbocycles. The van der Waals surface area contributed by atoms with E-state index >= 15 is 0 Å². The lowest BCUT2D eigenvalue weighted by Gasteiger charge is -2.16. The molecule has 1 atom stereocenters. The number of amides is 1. The largest absolute Gasteiger partial charge is 0.352 e. The SMILES string of the molecule is CC(C)C(C)CNC(=O)c1ccc(S(N)(=O)=O)cc1. The topological polar surface area (TPSA) is 89.3 Å². The Bertz CT molecular complexity index is 536. The van der Waals surface area contributed by atoms with Gasteiger partial charge in [-0.25, -0.2) is 13.6 Å². The maximum atomic E-state index is 11.8. The van der Waals surface area contributed by atoms with Gasteiger partial charge in [0.25, 0.3) is 5.91 Å². The summed E-state index contributed by atoms with van der Waals surface area (Å²) in [6.45, 7) is 6.85. The Morgan fingerprint density at radius 3 is 2.16 bits per heavy atom. The minimum Gasteiger partial charge on any atom is -0.352 e. The number of sulfonamides is 1. The normalized spacial score (nSPS) is 13.3. The van der Waals surface area contributed by atoms with E-state index in [1.165, 1.54) is 24.3 Å². The zero-order valence-electron chi connectivity index (χ0n) is 11.4. The van der Waals surface area contributed by atoms with Crippen LogP contribution in [0.25, 0.3) is 0 Å². The number of carbonyl (C=O) groups excluding carboxylic acids is 1. The van der Waals surface area contributed by atoms with E-state index in [9.17, 15) is 13.2 Å². The molecular weight excluding hydrogens is 264 g/mol. The van der Waals surface area contributed by atoms with Gasteiger partial charge in [0, 0.05) is 12.1 Å². The lowest BCUT2D eigenvalue weighted by molar-refractivity contribution is 0.0945. The van der Waals surface area contributed by atoms with Crippen molar-refractivity contribution in [2.24, 2.45) is 17.0 Å². The first-order chi connectivity index (χ1) is 8.71. The maximum absolute atomic E-state index is 11.8. The number of carbonyl (C=O) groups is 1. The minimum atomic E-state index is -3.71. The zero-order chi connectivity index (χ0) is 14.6. The van der Waals surface area contributed by atoms with Gasteiger partial charge in [-0.05, 0) is 36.1 Å². The molecule has 1 unspecified atom stereocenters. The summed E-state index contributed by atoms with van der Waals surface area (Å²) >= 11 is 0. The fraction of sp³-hybridized carbons (Fsp3) is 0.462. The smallest absolute Gasteiger partial charge is 0.251 e. The van der Waals surface area contributed by atoms with E-state index in [0.29, 0.717) is 23.9 Å². The number of rotatable bonds is 5. The number of primary sulfonamides is 1. The molecule has 0 aliphatic heterocycles. The van der Waals surface area contributed by atoms with E-state index in [2.05, 4.69) is 26.1 Å². The van der Waals surface area contributed by atoms with Gasteiger partial charge in [-0.1, -0.05) is 20.8 Å². The Kier molecular flexibility index (Phi) is 5.08. The van der Waals surface area contributed by atoms with E-state index in [-0.39, 0.29) is 10.8 Å². The predicted molar refractivity (Wildman–Crippen MR) is 74.2 cm³/mol. The molecule has 0 aliphatic rings. The first-order valence-corrected chi connectivity index (χ1v) is 7.67. The van der Waals surface area contributed by atoms with Crippen LogP contribution in [0.1, 0.15) is 31.1 Å². The van der Waals surface area contributed by atoms with Gasteiger partial charge in [-0.2, -0.15) is 0 Å². The highest BCUT2D eigenvalue weighted by atomic mass is 32.2. The molecule has 6 heteroatoms. The van der Waals surface area contributed by atoms with E-state index in [1.807, 2.05) is 0 Å². The van der Waals surface area contributed by atoms with Crippen LogP contribution in [0.3, 0.4) is 0 Å². The van der Waals surface area contributed by atoms with Crippen molar-refractivity contribution in [2.75, 3.05) is 6.54 Å². The summed E-state index contributed by atoms with van der Waals surface area (Å²) in [6, 6.07) is 5.57. The monoisotopic (exact) mass is 284 g/mol. The molecule has 0 aliphatic carbocycles. The molecule has 1 rings (SSSR count). The Labute approximate surface area is 114 Å². The van der Waals surface area contributed by atoms with Crippen molar-refractivity contribution in [2.45, 2.75) is 25.7 Å². The van der Waals surface area contributed by atoms with Crippen molar-refractivity contribution >= 4 is 15.9 Å². The molecule has 0 radical (unpaired) electrons. The Morgan fingerprint density at radius 1 is 1.21 bits per heavy atom. The fourth-order valence-electron chi connectivity index (χ4n) is 1.39. The van der Waals surface area contributed by atoms with Crippen LogP contribution in [0.2, 0.25) is 0 Å². The molecule has 1 aromatic rings. The molecule has 5 nitrogen and oxygen atoms in total. The molecule has 0 heterocycles. The summed E-state index contributed by atoms with van der Waals surface area (Å²) < 4.78 is 22.2. The fourth-order valence-corrected chi connectivity index (χ4v) is 1.90. The van der Waals surface area contributed by atoms with Crippen molar-refractivity contribution in [3.63, 3.8) is 0 Å². The van der Waals surface area contributed by atoms with Crippen molar-refractivity contribution < 1.29 is 13.2 Å². The lowest BCUT2D eigenvalue weighted by Crippen LogP contribution is -2.30. The van der Waals surface area contributed by atoms with Crippen LogP contribution in [-0.2, 0) is 10.0 Å². The second-order valence-electron chi connectivity index (χ2n) is 5.00. The molecule has 1 amide bonds. The van der Waals surface area contributed by atoms with E-state index in [1.54, 1.807) is 0 Å². The lowest BCUT2D eigenvalue weighted by atomic mass is 9.98. The number of nitrogens with two attached hydrogens (primary N) is 1. The van der Waals surface area contributed by atoms with Crippen LogP contribution in [0.4, 0.5) is 0 Å². The first-order valence-electron chi connectivity index (χ1n) is 6.13. The summed E-state index contributed by atoms with van der Waals surface area (Å²) in [4.78, 5) is 11.8. The van der Waals surface area contributed by atoms with Crippen molar-refractivity contribution in [1.29, 1.82) is 0 Å². The third kappa shape index (κ3) is 4.65. The summed E-state index contributed by atoms with van der Waals surface area (Å²) in [5.41, 5.74) is 0.420. The van der Waals surface area contributed by atoms with Gasteiger partial charge in [-0.3, -0.25) is 4.79 Å². The number of hydrogen-bond donors (Lipinski definition) is 2. The molecule has 19 heavy (non-hydrogen) atoms. The molecule has 0 fully saturated rings. The molecular formula is C13H20N2O3S. The van der Waals surface area contributed by atoms with Crippen LogP contribution < -0.4 is 10.5 Å². The summed E-state index contributed by atoms with van der Waals surface area (Å²) in [6.07, 6.45) is 0. The molecule has 106 valence electrons. The highest BCUT2D eigenvalue weighted by Crippen LogP contribution is 2.10. The summed E-state index contributed by atoms with van der Waals surface area (Å²) in [5.74, 6) is 0.658. The quantitative estimate of drug-likeness (QED) is 0.855. The molecule has 3 N–H and O–H groups in total. The van der Waals surface area contributed by atoms with Crippen LogP contribution in [0, 0.1) is 11.8 Å². The van der Waals surface area contributed by atoms with Crippen LogP contribution in [0.5, 0.6) is 0 Å². The first kappa shape index (κ1) is 15.7. The Hall–Kier alpha value is -1.40. The number of benzene rings is 1. The van der Waals surface area contributed by atoms with Gasteiger partial charge >= 0.3 is 0 Å². The van der Waals surface area contributed by atoms with E-state index < -0.39 is 10.0 Å². The van der Waals surface area contributed by atoms with Crippen LogP contribution in [-0.4, -0.2) is 20.9 Å². The highest BCUT2D eigenvalue weighted by Gasteiger charge is 2.12. The number of hydrogen-bond acceptors (Lipinski definition) is 3. The second kappa shape index (κ2) is 6.16. The highest BCUT2D eigenvalue weighted by molar-refractivity contribution is 7.89. The Balaban J connectivity index is 2.69. The van der Waals surface area contributed by atoms with Gasteiger partial charge in [0.05, 0.1) is 4.90 Å². The average molecular weight is 284 g/mol. The second-order valence-corrected chi connectivity index (χ2v) is 6.56. The third-order valence-corrected chi connectivity index (χ3v) is 4.10. The average Bonchev–Trinajstić information content (AvgIpc) is 2.34. The van der Waals surface area contributed by atoms with E-state index in [0.717, 1.165) is 0 Å². The minimum absolute atomic E-state index is 0.000372. The van der Waals surface area contributed by atoms with Gasteiger partial charge in [0.15, 0.2) is 0 Å². The molecule has 0 bridgehead atoms. The maximum Gasteiger partial charge on any atom is 0.251 e. The van der Waals surface area contributed by atoms with E-state index in [4.69, 9.17) is 5.14 Å². The molecule has 0 saturated heterocycles. The summed E-state index contributed by atoms with van der Waals surface area (Å²) in [5, 5.41) is 7.80. The molecule has 0 saturated carbocycles.